The van der Waals surface area contributed by atoms with Crippen molar-refractivity contribution in [2.75, 3.05) is 26.6 Å². The molecule has 4 rings (SSSR count). The second kappa shape index (κ2) is 10.0. The lowest BCUT2D eigenvalue weighted by Gasteiger charge is -2.46. The quantitative estimate of drug-likeness (QED) is 0.195. The summed E-state index contributed by atoms with van der Waals surface area (Å²) in [6, 6.07) is 9.82. The average molecular weight is 404 g/mol. The van der Waals surface area contributed by atoms with Gasteiger partial charge in [-0.25, -0.2) is 9.59 Å². The lowest BCUT2D eigenvalue weighted by Crippen LogP contribution is -2.61. The predicted molar refractivity (Wildman–Crippen MR) is 104 cm³/mol. The van der Waals surface area contributed by atoms with Gasteiger partial charge in [-0.15, -0.1) is 0 Å². The third kappa shape index (κ3) is 4.69. The Balaban J connectivity index is 1.63. The molecule has 0 amide bonds. The first-order valence-electron chi connectivity index (χ1n) is 10.0. The van der Waals surface area contributed by atoms with E-state index in [0.29, 0.717) is 31.6 Å². The molecule has 7 nitrogen and oxygen atoms in total. The Morgan fingerprint density at radius 2 is 1.76 bits per heavy atom. The molecule has 2 bridgehead atoms. The third-order valence-electron chi connectivity index (χ3n) is 5.06. The molecule has 0 aromatic heterocycles. The molecular weight excluding hydrogens is 376 g/mol. The first-order chi connectivity index (χ1) is 14.1. The van der Waals surface area contributed by atoms with Crippen LogP contribution >= 0.6 is 0 Å². The van der Waals surface area contributed by atoms with Crippen molar-refractivity contribution in [3.8, 4) is 0 Å². The van der Waals surface area contributed by atoms with Gasteiger partial charge in [0.2, 0.25) is 0 Å². The number of carbonyl (C=O) groups excluding carboxylic acids is 2. The summed E-state index contributed by atoms with van der Waals surface area (Å²) in [5.41, 5.74) is -0.195. The van der Waals surface area contributed by atoms with Gasteiger partial charge in [-0.2, -0.15) is 0 Å². The third-order valence-corrected chi connectivity index (χ3v) is 5.06. The van der Waals surface area contributed by atoms with Crippen molar-refractivity contribution < 1.29 is 33.3 Å². The van der Waals surface area contributed by atoms with Gasteiger partial charge in [0.1, 0.15) is 6.79 Å². The highest BCUT2D eigenvalue weighted by Gasteiger charge is 2.61. The van der Waals surface area contributed by atoms with Crippen molar-refractivity contribution in [2.45, 2.75) is 45.0 Å². The van der Waals surface area contributed by atoms with Crippen LogP contribution in [-0.2, 0) is 39.9 Å². The number of hydrogen-bond donors (Lipinski definition) is 0. The smallest absolute Gasteiger partial charge is 0.354 e. The molecule has 0 N–H and O–H groups in total. The van der Waals surface area contributed by atoms with E-state index in [2.05, 4.69) is 0 Å². The summed E-state index contributed by atoms with van der Waals surface area (Å²) < 4.78 is 27.5. The van der Waals surface area contributed by atoms with E-state index in [9.17, 15) is 9.59 Å². The van der Waals surface area contributed by atoms with E-state index >= 15 is 0 Å². The van der Waals surface area contributed by atoms with Crippen molar-refractivity contribution in [1.82, 2.24) is 0 Å². The summed E-state index contributed by atoms with van der Waals surface area (Å²) in [7, 11) is 0. The lowest BCUT2D eigenvalue weighted by molar-refractivity contribution is -0.203. The van der Waals surface area contributed by atoms with Crippen LogP contribution in [0.3, 0.4) is 0 Å². The fraction of sp³-hybridized carbons (Fsp3) is 0.545. The van der Waals surface area contributed by atoms with Crippen LogP contribution < -0.4 is 0 Å². The molecule has 2 aliphatic heterocycles. The summed E-state index contributed by atoms with van der Waals surface area (Å²) in [5, 5.41) is 0. The van der Waals surface area contributed by atoms with Gasteiger partial charge in [0.25, 0.3) is 5.60 Å². The average Bonchev–Trinajstić information content (AvgIpc) is 2.74. The highest BCUT2D eigenvalue weighted by atomic mass is 16.7. The monoisotopic (exact) mass is 404 g/mol. The molecule has 0 unspecified atom stereocenters. The van der Waals surface area contributed by atoms with Crippen molar-refractivity contribution in [2.24, 2.45) is 5.92 Å². The SMILES string of the molecule is CCOC(=O)C1(C(=O)OCC)O[C@H]2CC=C1[C@H](COCOCc1ccccc1)C2. The van der Waals surface area contributed by atoms with E-state index in [4.69, 9.17) is 23.7 Å². The number of fused-ring (bicyclic) bond motifs is 3. The molecule has 1 fully saturated rings. The minimum Gasteiger partial charge on any atom is -0.463 e. The number of rotatable bonds is 10. The Hall–Kier alpha value is -2.22. The lowest BCUT2D eigenvalue weighted by atomic mass is 9.73. The van der Waals surface area contributed by atoms with Gasteiger partial charge in [0.05, 0.1) is 32.5 Å². The zero-order valence-corrected chi connectivity index (χ0v) is 16.9. The van der Waals surface area contributed by atoms with Crippen LogP contribution in [0, 0.1) is 5.92 Å². The van der Waals surface area contributed by atoms with Crippen molar-refractivity contribution >= 4 is 11.9 Å². The highest BCUT2D eigenvalue weighted by molar-refractivity contribution is 6.08. The zero-order chi connectivity index (χ0) is 20.7. The van der Waals surface area contributed by atoms with E-state index in [1.165, 1.54) is 0 Å². The Morgan fingerprint density at radius 3 is 2.38 bits per heavy atom. The minimum atomic E-state index is -1.83. The van der Waals surface area contributed by atoms with Crippen LogP contribution in [0.15, 0.2) is 42.0 Å². The van der Waals surface area contributed by atoms with Gasteiger partial charge >= 0.3 is 11.9 Å². The molecule has 1 aromatic rings. The first-order valence-corrected chi connectivity index (χ1v) is 10.0. The second-order valence-corrected chi connectivity index (χ2v) is 7.01. The van der Waals surface area contributed by atoms with Crippen LogP contribution in [0.2, 0.25) is 0 Å². The van der Waals surface area contributed by atoms with E-state index in [1.807, 2.05) is 36.4 Å². The summed E-state index contributed by atoms with van der Waals surface area (Å²) >= 11 is 0. The Bertz CT molecular complexity index is 710. The van der Waals surface area contributed by atoms with E-state index in [1.54, 1.807) is 13.8 Å². The summed E-state index contributed by atoms with van der Waals surface area (Å²) in [5.74, 6) is -1.59. The molecule has 1 aromatic carbocycles. The summed E-state index contributed by atoms with van der Waals surface area (Å²) in [6.45, 7) is 4.58. The van der Waals surface area contributed by atoms with E-state index in [-0.39, 0.29) is 32.0 Å². The molecule has 0 spiro atoms. The Kier molecular flexibility index (Phi) is 7.41. The number of benzene rings is 1. The van der Waals surface area contributed by atoms with Crippen LogP contribution in [0.1, 0.15) is 32.3 Å². The van der Waals surface area contributed by atoms with E-state index < -0.39 is 17.5 Å². The zero-order valence-electron chi connectivity index (χ0n) is 16.9. The van der Waals surface area contributed by atoms with Crippen LogP contribution in [0.4, 0.5) is 0 Å². The van der Waals surface area contributed by atoms with Crippen molar-refractivity contribution in [3.63, 3.8) is 0 Å². The number of carbonyl (C=O) groups is 2. The minimum absolute atomic E-state index is 0.121. The van der Waals surface area contributed by atoms with E-state index in [0.717, 1.165) is 5.56 Å². The molecule has 2 heterocycles. The summed E-state index contributed by atoms with van der Waals surface area (Å²) in [4.78, 5) is 25.5. The molecule has 1 aliphatic carbocycles. The highest BCUT2D eigenvalue weighted by Crippen LogP contribution is 2.45. The fourth-order valence-electron chi connectivity index (χ4n) is 3.83. The van der Waals surface area contributed by atoms with Crippen LogP contribution in [0.5, 0.6) is 0 Å². The maximum Gasteiger partial charge on any atom is 0.354 e. The second-order valence-electron chi connectivity index (χ2n) is 7.01. The molecule has 3 aliphatic rings. The normalized spacial score (nSPS) is 22.1. The largest absolute Gasteiger partial charge is 0.463 e. The Labute approximate surface area is 170 Å². The van der Waals surface area contributed by atoms with Gasteiger partial charge in [-0.1, -0.05) is 36.4 Å². The van der Waals surface area contributed by atoms with Crippen LogP contribution in [-0.4, -0.2) is 50.3 Å². The van der Waals surface area contributed by atoms with Crippen molar-refractivity contribution in [3.05, 3.63) is 47.5 Å². The standard InChI is InChI=1S/C22H28O7/c1-3-27-20(23)22(21(24)28-4-2)19-11-10-18(29-22)12-17(19)14-26-15-25-13-16-8-6-5-7-9-16/h5-9,11,17-18H,3-4,10,12-15H2,1-2H3/t17-,18-/m0/s1. The molecule has 7 heteroatoms. The predicted octanol–water partition coefficient (Wildman–Crippen LogP) is 2.78. The van der Waals surface area contributed by atoms with Gasteiger partial charge in [0.15, 0.2) is 0 Å². The molecule has 2 atom stereocenters. The first kappa shape index (κ1) is 21.5. The Morgan fingerprint density at radius 1 is 1.07 bits per heavy atom. The maximum atomic E-state index is 12.8. The van der Waals surface area contributed by atoms with Crippen LogP contribution in [0.25, 0.3) is 0 Å². The fourth-order valence-corrected chi connectivity index (χ4v) is 3.83. The number of hydrogen-bond acceptors (Lipinski definition) is 7. The molecule has 1 saturated heterocycles. The number of esters is 2. The number of ether oxygens (including phenoxy) is 5. The molecular formula is C22H28O7. The maximum absolute atomic E-state index is 12.8. The van der Waals surface area contributed by atoms with Crippen molar-refractivity contribution in [1.29, 1.82) is 0 Å². The van der Waals surface area contributed by atoms with Gasteiger partial charge in [0, 0.05) is 5.92 Å². The van der Waals surface area contributed by atoms with Gasteiger partial charge in [-0.3, -0.25) is 0 Å². The topological polar surface area (TPSA) is 80.3 Å². The molecule has 158 valence electrons. The molecule has 0 saturated carbocycles. The molecule has 29 heavy (non-hydrogen) atoms. The van der Waals surface area contributed by atoms with Gasteiger partial charge < -0.3 is 23.7 Å². The molecule has 0 radical (unpaired) electrons. The summed E-state index contributed by atoms with van der Waals surface area (Å²) in [6.07, 6.45) is 2.95. The van der Waals surface area contributed by atoms with Gasteiger partial charge in [-0.05, 0) is 37.8 Å².